The van der Waals surface area contributed by atoms with Gasteiger partial charge in [-0.05, 0) is 37.9 Å². The molecule has 146 valence electrons. The molecule has 1 aliphatic heterocycles. The molecule has 0 radical (unpaired) electrons. The highest BCUT2D eigenvalue weighted by molar-refractivity contribution is 7.99. The van der Waals surface area contributed by atoms with Crippen molar-refractivity contribution in [3.63, 3.8) is 0 Å². The molecular formula is C19H26N4O2S2. The second-order valence-electron chi connectivity index (χ2n) is 6.96. The van der Waals surface area contributed by atoms with Crippen molar-refractivity contribution in [3.8, 4) is 0 Å². The number of pyridine rings is 1. The first kappa shape index (κ1) is 20.2. The highest BCUT2D eigenvalue weighted by atomic mass is 32.2. The van der Waals surface area contributed by atoms with Crippen LogP contribution in [0.25, 0.3) is 0 Å². The fourth-order valence-electron chi connectivity index (χ4n) is 3.40. The van der Waals surface area contributed by atoms with Crippen molar-refractivity contribution < 1.29 is 8.42 Å². The van der Waals surface area contributed by atoms with E-state index in [0.717, 1.165) is 55.4 Å². The Hall–Kier alpha value is -1.51. The molecule has 27 heavy (non-hydrogen) atoms. The summed E-state index contributed by atoms with van der Waals surface area (Å²) in [5.74, 6) is 1.16. The number of rotatable bonds is 7. The Morgan fingerprint density at radius 3 is 2.74 bits per heavy atom. The van der Waals surface area contributed by atoms with Crippen LogP contribution in [-0.4, -0.2) is 53.4 Å². The molecule has 8 heteroatoms. The smallest absolute Gasteiger partial charge is 0.187 e. The summed E-state index contributed by atoms with van der Waals surface area (Å²) in [4.78, 5) is 16.0. The van der Waals surface area contributed by atoms with Gasteiger partial charge in [0, 0.05) is 55.2 Å². The Balaban J connectivity index is 1.68. The molecular weight excluding hydrogens is 380 g/mol. The summed E-state index contributed by atoms with van der Waals surface area (Å²) < 4.78 is 24.2. The summed E-state index contributed by atoms with van der Waals surface area (Å²) in [6.07, 6.45) is 9.82. The number of sulfone groups is 1. The van der Waals surface area contributed by atoms with Gasteiger partial charge in [-0.2, -0.15) is 0 Å². The lowest BCUT2D eigenvalue weighted by Crippen LogP contribution is -2.34. The molecule has 0 aromatic carbocycles. The Labute approximate surface area is 165 Å². The number of likely N-dealkylation sites (tertiary alicyclic amines) is 1. The molecule has 0 amide bonds. The fourth-order valence-corrected chi connectivity index (χ4v) is 4.96. The normalized spacial score (nSPS) is 18.5. The van der Waals surface area contributed by atoms with Gasteiger partial charge in [0.25, 0.3) is 0 Å². The van der Waals surface area contributed by atoms with E-state index in [9.17, 15) is 8.42 Å². The molecule has 1 fully saturated rings. The van der Waals surface area contributed by atoms with Crippen molar-refractivity contribution in [1.29, 1.82) is 0 Å². The average molecular weight is 407 g/mol. The van der Waals surface area contributed by atoms with E-state index in [0.29, 0.717) is 10.6 Å². The minimum atomic E-state index is -3.28. The Kier molecular flexibility index (Phi) is 6.83. The summed E-state index contributed by atoms with van der Waals surface area (Å²) in [6, 6.07) is 3.35. The van der Waals surface area contributed by atoms with Crippen molar-refractivity contribution in [3.05, 3.63) is 42.0 Å². The van der Waals surface area contributed by atoms with Crippen molar-refractivity contribution in [1.82, 2.24) is 19.9 Å². The first-order valence-electron chi connectivity index (χ1n) is 9.28. The maximum atomic E-state index is 12.1. The van der Waals surface area contributed by atoms with Gasteiger partial charge in [-0.3, -0.25) is 9.88 Å². The van der Waals surface area contributed by atoms with E-state index in [1.807, 2.05) is 12.4 Å². The molecule has 0 aliphatic carbocycles. The molecule has 2 aromatic rings. The van der Waals surface area contributed by atoms with E-state index >= 15 is 0 Å². The molecule has 1 saturated heterocycles. The number of hydrogen-bond donors (Lipinski definition) is 0. The van der Waals surface area contributed by atoms with Crippen LogP contribution in [0, 0.1) is 0 Å². The standard InChI is InChI=1S/C19H26N4O2S2/c1-3-10-26-19-21-11-15(12-22-19)13-23-9-5-6-16(14-23)18-17(27(2,24)25)7-4-8-20-18/h4,7-8,11-12,16H,3,5-6,9-10,13-14H2,1-2H3. The van der Waals surface area contributed by atoms with E-state index in [2.05, 4.69) is 26.8 Å². The number of aromatic nitrogens is 3. The van der Waals surface area contributed by atoms with E-state index in [-0.39, 0.29) is 5.92 Å². The van der Waals surface area contributed by atoms with Gasteiger partial charge in [-0.25, -0.2) is 18.4 Å². The molecule has 0 saturated carbocycles. The van der Waals surface area contributed by atoms with Crippen LogP contribution in [0.1, 0.15) is 43.4 Å². The van der Waals surface area contributed by atoms with Crippen LogP contribution in [0.4, 0.5) is 0 Å². The summed E-state index contributed by atoms with van der Waals surface area (Å²) >= 11 is 1.68. The van der Waals surface area contributed by atoms with Crippen LogP contribution in [0.2, 0.25) is 0 Å². The lowest BCUT2D eigenvalue weighted by molar-refractivity contribution is 0.197. The van der Waals surface area contributed by atoms with Crippen LogP contribution in [0.15, 0.2) is 40.8 Å². The van der Waals surface area contributed by atoms with Gasteiger partial charge in [0.2, 0.25) is 0 Å². The Bertz CT molecular complexity index is 856. The number of thioether (sulfide) groups is 1. The van der Waals surface area contributed by atoms with Crippen LogP contribution in [0.3, 0.4) is 0 Å². The molecule has 2 aromatic heterocycles. The molecule has 0 N–H and O–H groups in total. The van der Waals surface area contributed by atoms with Crippen LogP contribution < -0.4 is 0 Å². The highest BCUT2D eigenvalue weighted by Crippen LogP contribution is 2.30. The van der Waals surface area contributed by atoms with Crippen molar-refractivity contribution >= 4 is 21.6 Å². The van der Waals surface area contributed by atoms with Gasteiger partial charge in [0.15, 0.2) is 15.0 Å². The maximum Gasteiger partial charge on any atom is 0.187 e. The van der Waals surface area contributed by atoms with Crippen molar-refractivity contribution in [2.75, 3.05) is 25.1 Å². The fraction of sp³-hybridized carbons (Fsp3) is 0.526. The van der Waals surface area contributed by atoms with E-state index in [4.69, 9.17) is 0 Å². The zero-order valence-electron chi connectivity index (χ0n) is 15.8. The van der Waals surface area contributed by atoms with E-state index in [1.165, 1.54) is 6.26 Å². The monoisotopic (exact) mass is 406 g/mol. The third kappa shape index (κ3) is 5.49. The summed E-state index contributed by atoms with van der Waals surface area (Å²) in [7, 11) is -3.28. The summed E-state index contributed by atoms with van der Waals surface area (Å²) in [6.45, 7) is 4.71. The minimum Gasteiger partial charge on any atom is -0.298 e. The van der Waals surface area contributed by atoms with Crippen molar-refractivity contribution in [2.24, 2.45) is 0 Å². The molecule has 3 rings (SSSR count). The van der Waals surface area contributed by atoms with Gasteiger partial charge in [0.1, 0.15) is 0 Å². The number of piperidine rings is 1. The number of nitrogens with zero attached hydrogens (tertiary/aromatic N) is 4. The van der Waals surface area contributed by atoms with Gasteiger partial charge < -0.3 is 0 Å². The third-order valence-electron chi connectivity index (χ3n) is 4.61. The van der Waals surface area contributed by atoms with Gasteiger partial charge in [-0.1, -0.05) is 18.7 Å². The van der Waals surface area contributed by atoms with Gasteiger partial charge >= 0.3 is 0 Å². The topological polar surface area (TPSA) is 76.1 Å². The number of hydrogen-bond acceptors (Lipinski definition) is 7. The van der Waals surface area contributed by atoms with Gasteiger partial charge in [-0.15, -0.1) is 0 Å². The maximum absolute atomic E-state index is 12.1. The zero-order chi connectivity index (χ0) is 19.3. The van der Waals surface area contributed by atoms with Gasteiger partial charge in [0.05, 0.1) is 10.6 Å². The Morgan fingerprint density at radius 2 is 2.04 bits per heavy atom. The summed E-state index contributed by atoms with van der Waals surface area (Å²) in [5.41, 5.74) is 1.79. The van der Waals surface area contributed by atoms with Crippen LogP contribution in [-0.2, 0) is 16.4 Å². The first-order chi connectivity index (χ1) is 13.0. The molecule has 0 spiro atoms. The summed E-state index contributed by atoms with van der Waals surface area (Å²) in [5, 5.41) is 0.823. The second-order valence-corrected chi connectivity index (χ2v) is 10.0. The van der Waals surface area contributed by atoms with Crippen LogP contribution in [0.5, 0.6) is 0 Å². The minimum absolute atomic E-state index is 0.130. The molecule has 1 aliphatic rings. The Morgan fingerprint density at radius 1 is 1.26 bits per heavy atom. The average Bonchev–Trinajstić information content (AvgIpc) is 2.67. The lowest BCUT2D eigenvalue weighted by Gasteiger charge is -2.32. The largest absolute Gasteiger partial charge is 0.298 e. The molecule has 6 nitrogen and oxygen atoms in total. The lowest BCUT2D eigenvalue weighted by atomic mass is 9.94. The van der Waals surface area contributed by atoms with Crippen molar-refractivity contribution in [2.45, 2.75) is 48.7 Å². The predicted molar refractivity (Wildman–Crippen MR) is 108 cm³/mol. The first-order valence-corrected chi connectivity index (χ1v) is 12.2. The van der Waals surface area contributed by atoms with Crippen LogP contribution >= 0.6 is 11.8 Å². The molecule has 0 bridgehead atoms. The third-order valence-corrected chi connectivity index (χ3v) is 6.84. The quantitative estimate of drug-likeness (QED) is 0.516. The molecule has 3 heterocycles. The van der Waals surface area contributed by atoms with E-state index < -0.39 is 9.84 Å². The predicted octanol–water partition coefficient (Wildman–Crippen LogP) is 3.16. The highest BCUT2D eigenvalue weighted by Gasteiger charge is 2.27. The second kappa shape index (κ2) is 9.12. The van der Waals surface area contributed by atoms with E-state index in [1.54, 1.807) is 30.1 Å². The zero-order valence-corrected chi connectivity index (χ0v) is 17.5. The molecule has 1 unspecified atom stereocenters. The molecule has 1 atom stereocenters. The SMILES string of the molecule is CCCSc1ncc(CN2CCCC(c3ncccc3S(C)(=O)=O)C2)cn1.